The second-order valence-electron chi connectivity index (χ2n) is 3.43. The summed E-state index contributed by atoms with van der Waals surface area (Å²) in [5, 5.41) is 14.8. The van der Waals surface area contributed by atoms with E-state index in [2.05, 4.69) is 17.1 Å². The van der Waals surface area contributed by atoms with Crippen LogP contribution in [0.4, 0.5) is 0 Å². The molecule has 0 saturated heterocycles. The van der Waals surface area contributed by atoms with Gasteiger partial charge in [-0.05, 0) is 18.2 Å². The number of amidine groups is 1. The molecular weight excluding hydrogens is 218 g/mol. The van der Waals surface area contributed by atoms with Crippen molar-refractivity contribution in [2.75, 3.05) is 13.7 Å². The molecule has 0 fully saturated rings. The number of hydrogen-bond acceptors (Lipinski definition) is 4. The fourth-order valence-electron chi connectivity index (χ4n) is 1.44. The van der Waals surface area contributed by atoms with E-state index < -0.39 is 0 Å². The predicted octanol–water partition coefficient (Wildman–Crippen LogP) is 1.07. The number of rotatable bonds is 6. The van der Waals surface area contributed by atoms with Crippen LogP contribution < -0.4 is 15.8 Å². The minimum atomic E-state index is 0.0811. The molecular formula is C12H17N3O2. The highest BCUT2D eigenvalue weighted by atomic mass is 16.5. The molecule has 0 atom stereocenters. The van der Waals surface area contributed by atoms with Gasteiger partial charge in [-0.3, -0.25) is 0 Å². The second kappa shape index (κ2) is 6.55. The molecule has 4 N–H and O–H groups in total. The zero-order chi connectivity index (χ0) is 12.7. The molecule has 0 radical (unpaired) electrons. The van der Waals surface area contributed by atoms with Crippen molar-refractivity contribution < 1.29 is 9.94 Å². The van der Waals surface area contributed by atoms with Crippen molar-refractivity contribution in [3.05, 3.63) is 42.0 Å². The predicted molar refractivity (Wildman–Crippen MR) is 67.4 cm³/mol. The Morgan fingerprint density at radius 3 is 3.00 bits per heavy atom. The van der Waals surface area contributed by atoms with E-state index in [1.54, 1.807) is 25.3 Å². The number of benzene rings is 1. The zero-order valence-corrected chi connectivity index (χ0v) is 9.81. The minimum absolute atomic E-state index is 0.0811. The summed E-state index contributed by atoms with van der Waals surface area (Å²) in [5.74, 6) is 0.841. The van der Waals surface area contributed by atoms with Gasteiger partial charge in [0.25, 0.3) is 0 Å². The van der Waals surface area contributed by atoms with Crippen LogP contribution in [0, 0.1) is 0 Å². The van der Waals surface area contributed by atoms with Crippen molar-refractivity contribution in [3.8, 4) is 5.75 Å². The maximum absolute atomic E-state index is 8.62. The number of methoxy groups -OCH3 is 1. The van der Waals surface area contributed by atoms with E-state index >= 15 is 0 Å². The topological polar surface area (TPSA) is 79.9 Å². The van der Waals surface area contributed by atoms with E-state index in [4.69, 9.17) is 15.7 Å². The van der Waals surface area contributed by atoms with E-state index in [0.29, 0.717) is 18.7 Å². The molecule has 0 aromatic heterocycles. The molecule has 1 aromatic rings. The van der Waals surface area contributed by atoms with Crippen LogP contribution in [0.15, 0.2) is 36.0 Å². The van der Waals surface area contributed by atoms with Crippen LogP contribution in [0.2, 0.25) is 0 Å². The van der Waals surface area contributed by atoms with E-state index in [0.717, 1.165) is 11.3 Å². The first-order chi connectivity index (χ1) is 8.22. The Labute approximate surface area is 101 Å². The molecule has 0 spiro atoms. The van der Waals surface area contributed by atoms with Crippen LogP contribution in [-0.4, -0.2) is 24.7 Å². The molecule has 1 rings (SSSR count). The maximum Gasteiger partial charge on any atom is 0.170 e. The van der Waals surface area contributed by atoms with Crippen LogP contribution >= 0.6 is 0 Å². The molecule has 0 aliphatic rings. The summed E-state index contributed by atoms with van der Waals surface area (Å²) in [5.41, 5.74) is 7.13. The van der Waals surface area contributed by atoms with Gasteiger partial charge in [0.1, 0.15) is 5.75 Å². The molecule has 0 saturated carbocycles. The lowest BCUT2D eigenvalue weighted by molar-refractivity contribution is 0.318. The van der Waals surface area contributed by atoms with Crippen LogP contribution in [0.5, 0.6) is 5.75 Å². The molecule has 0 amide bonds. The number of hydrogen-bond donors (Lipinski definition) is 3. The summed E-state index contributed by atoms with van der Waals surface area (Å²) < 4.78 is 5.24. The highest BCUT2D eigenvalue weighted by molar-refractivity contribution is 5.97. The van der Waals surface area contributed by atoms with E-state index in [-0.39, 0.29) is 5.84 Å². The van der Waals surface area contributed by atoms with Crippen molar-refractivity contribution in [2.45, 2.75) is 6.54 Å². The van der Waals surface area contributed by atoms with Crippen LogP contribution in [0.1, 0.15) is 11.1 Å². The molecule has 0 aliphatic heterocycles. The highest BCUT2D eigenvalue weighted by Gasteiger charge is 2.06. The van der Waals surface area contributed by atoms with Crippen molar-refractivity contribution in [1.29, 1.82) is 0 Å². The fraction of sp³-hybridized carbons (Fsp3) is 0.250. The molecule has 0 unspecified atom stereocenters. The minimum Gasteiger partial charge on any atom is -0.496 e. The van der Waals surface area contributed by atoms with Gasteiger partial charge in [-0.25, -0.2) is 0 Å². The Morgan fingerprint density at radius 2 is 2.41 bits per heavy atom. The van der Waals surface area contributed by atoms with E-state index in [1.807, 2.05) is 6.07 Å². The molecule has 5 heteroatoms. The highest BCUT2D eigenvalue weighted by Crippen LogP contribution is 2.19. The SMILES string of the molecule is C=CCNCc1cc(/C(N)=N/O)ccc1OC. The molecule has 1 aromatic carbocycles. The molecule has 0 bridgehead atoms. The molecule has 92 valence electrons. The van der Waals surface area contributed by atoms with Gasteiger partial charge < -0.3 is 21.0 Å². The Hall–Kier alpha value is -2.01. The first-order valence-electron chi connectivity index (χ1n) is 5.19. The molecule has 0 aliphatic carbocycles. The van der Waals surface area contributed by atoms with Crippen LogP contribution in [0.25, 0.3) is 0 Å². The molecule has 17 heavy (non-hydrogen) atoms. The number of nitrogens with two attached hydrogens (primary N) is 1. The van der Waals surface area contributed by atoms with Crippen molar-refractivity contribution in [2.24, 2.45) is 10.9 Å². The Morgan fingerprint density at radius 1 is 1.65 bits per heavy atom. The average Bonchev–Trinajstić information content (AvgIpc) is 2.38. The van der Waals surface area contributed by atoms with Crippen molar-refractivity contribution in [1.82, 2.24) is 5.32 Å². The van der Waals surface area contributed by atoms with Gasteiger partial charge in [0, 0.05) is 24.2 Å². The third-order valence-corrected chi connectivity index (χ3v) is 2.29. The summed E-state index contributed by atoms with van der Waals surface area (Å²) in [6.07, 6.45) is 1.78. The van der Waals surface area contributed by atoms with E-state index in [9.17, 15) is 0 Å². The van der Waals surface area contributed by atoms with Gasteiger partial charge >= 0.3 is 0 Å². The maximum atomic E-state index is 8.62. The third-order valence-electron chi connectivity index (χ3n) is 2.29. The molecule has 5 nitrogen and oxygen atoms in total. The lowest BCUT2D eigenvalue weighted by Gasteiger charge is -2.10. The Bertz CT molecular complexity index is 416. The van der Waals surface area contributed by atoms with Gasteiger partial charge in [-0.15, -0.1) is 6.58 Å². The summed E-state index contributed by atoms with van der Waals surface area (Å²) in [7, 11) is 1.61. The quantitative estimate of drug-likeness (QED) is 0.172. The monoisotopic (exact) mass is 235 g/mol. The third kappa shape index (κ3) is 3.49. The Balaban J connectivity index is 2.93. The summed E-state index contributed by atoms with van der Waals surface area (Å²) in [4.78, 5) is 0. The summed E-state index contributed by atoms with van der Waals surface area (Å²) in [6, 6.07) is 5.35. The van der Waals surface area contributed by atoms with Gasteiger partial charge in [0.2, 0.25) is 0 Å². The number of nitrogens with one attached hydrogen (secondary N) is 1. The second-order valence-corrected chi connectivity index (χ2v) is 3.43. The van der Waals surface area contributed by atoms with Gasteiger partial charge in [-0.1, -0.05) is 11.2 Å². The lowest BCUT2D eigenvalue weighted by atomic mass is 10.1. The Kier molecular flexibility index (Phi) is 5.03. The number of nitrogens with zero attached hydrogens (tertiary/aromatic N) is 1. The standard InChI is InChI=1S/C12H17N3O2/c1-3-6-14-8-10-7-9(12(13)15-16)4-5-11(10)17-2/h3-5,7,14,16H,1,6,8H2,2H3,(H2,13,15). The zero-order valence-electron chi connectivity index (χ0n) is 9.81. The summed E-state index contributed by atoms with van der Waals surface area (Å²) >= 11 is 0. The van der Waals surface area contributed by atoms with E-state index in [1.165, 1.54) is 0 Å². The van der Waals surface area contributed by atoms with Gasteiger partial charge in [0.15, 0.2) is 5.84 Å². The fourth-order valence-corrected chi connectivity index (χ4v) is 1.44. The van der Waals surface area contributed by atoms with Crippen LogP contribution in [-0.2, 0) is 6.54 Å². The van der Waals surface area contributed by atoms with Gasteiger partial charge in [-0.2, -0.15) is 0 Å². The normalized spacial score (nSPS) is 11.2. The smallest absolute Gasteiger partial charge is 0.170 e. The van der Waals surface area contributed by atoms with Crippen molar-refractivity contribution in [3.63, 3.8) is 0 Å². The van der Waals surface area contributed by atoms with Crippen molar-refractivity contribution >= 4 is 5.84 Å². The van der Waals surface area contributed by atoms with Gasteiger partial charge in [0.05, 0.1) is 7.11 Å². The molecule has 0 heterocycles. The number of ether oxygens (including phenoxy) is 1. The first kappa shape index (κ1) is 13.1. The average molecular weight is 235 g/mol. The van der Waals surface area contributed by atoms with Crippen LogP contribution in [0.3, 0.4) is 0 Å². The number of oxime groups is 1. The largest absolute Gasteiger partial charge is 0.496 e. The lowest BCUT2D eigenvalue weighted by Crippen LogP contribution is -2.16. The first-order valence-corrected chi connectivity index (χ1v) is 5.19. The summed E-state index contributed by atoms with van der Waals surface area (Å²) in [6.45, 7) is 4.96.